The number of hydrogen-bond donors (Lipinski definition) is 0. The highest BCUT2D eigenvalue weighted by molar-refractivity contribution is 6.30. The summed E-state index contributed by atoms with van der Waals surface area (Å²) in [6.45, 7) is 0.323. The van der Waals surface area contributed by atoms with E-state index in [1.807, 2.05) is 12.1 Å². The third-order valence-corrected chi connectivity index (χ3v) is 4.28. The summed E-state index contributed by atoms with van der Waals surface area (Å²) < 4.78 is 4.59. The summed E-state index contributed by atoms with van der Waals surface area (Å²) in [7, 11) is 1.29. The van der Waals surface area contributed by atoms with Crippen molar-refractivity contribution in [2.75, 3.05) is 20.2 Å². The molecule has 0 N–H and O–H groups in total. The molecule has 1 heterocycles. The lowest BCUT2D eigenvalue weighted by molar-refractivity contribution is -0.146. The van der Waals surface area contributed by atoms with Crippen molar-refractivity contribution >= 4 is 35.3 Å². The first kappa shape index (κ1) is 18.2. The largest absolute Gasteiger partial charge is 0.468 e. The van der Waals surface area contributed by atoms with Crippen LogP contribution in [-0.4, -0.2) is 42.8 Å². The second kappa shape index (κ2) is 8.64. The van der Waals surface area contributed by atoms with Crippen LogP contribution in [0.3, 0.4) is 0 Å². The van der Waals surface area contributed by atoms with Crippen molar-refractivity contribution in [3.63, 3.8) is 0 Å². The van der Waals surface area contributed by atoms with Crippen molar-refractivity contribution < 1.29 is 19.1 Å². The number of amides is 1. The number of carbonyl (C=O) groups is 3. The molecule has 1 aliphatic heterocycles. The van der Waals surface area contributed by atoms with Crippen LogP contribution in [0.1, 0.15) is 24.8 Å². The van der Waals surface area contributed by atoms with E-state index in [0.717, 1.165) is 5.56 Å². The summed E-state index contributed by atoms with van der Waals surface area (Å²) in [5.41, 5.74) is 0.855. The SMILES string of the molecule is COC(=O)CN1CCC(C(=O)/C=C/c2cccc(Cl)c2)CCC1=O. The van der Waals surface area contributed by atoms with Crippen molar-refractivity contribution in [2.45, 2.75) is 19.3 Å². The maximum atomic E-state index is 12.4. The molecule has 0 radical (unpaired) electrons. The Labute approximate surface area is 146 Å². The van der Waals surface area contributed by atoms with Crippen LogP contribution in [0.2, 0.25) is 5.02 Å². The Hall–Kier alpha value is -2.14. The van der Waals surface area contributed by atoms with E-state index in [1.54, 1.807) is 18.2 Å². The molecule has 1 aromatic carbocycles. The number of benzene rings is 1. The highest BCUT2D eigenvalue weighted by atomic mass is 35.5. The van der Waals surface area contributed by atoms with Crippen molar-refractivity contribution in [1.82, 2.24) is 4.90 Å². The van der Waals surface area contributed by atoms with Gasteiger partial charge < -0.3 is 9.64 Å². The van der Waals surface area contributed by atoms with Gasteiger partial charge in [-0.1, -0.05) is 29.8 Å². The number of halogens is 1. The van der Waals surface area contributed by atoms with Crippen LogP contribution in [0.15, 0.2) is 30.3 Å². The molecular weight excluding hydrogens is 330 g/mol. The van der Waals surface area contributed by atoms with Crippen LogP contribution in [0, 0.1) is 5.92 Å². The second-order valence-electron chi connectivity index (χ2n) is 5.71. The molecule has 128 valence electrons. The summed E-state index contributed by atoms with van der Waals surface area (Å²) in [4.78, 5) is 37.2. The second-order valence-corrected chi connectivity index (χ2v) is 6.14. The third kappa shape index (κ3) is 5.20. The molecule has 1 aliphatic rings. The van der Waals surface area contributed by atoms with Crippen LogP contribution in [0.4, 0.5) is 0 Å². The molecule has 1 atom stereocenters. The van der Waals surface area contributed by atoms with Gasteiger partial charge >= 0.3 is 5.97 Å². The van der Waals surface area contributed by atoms with Crippen molar-refractivity contribution in [3.05, 3.63) is 40.9 Å². The minimum Gasteiger partial charge on any atom is -0.468 e. The summed E-state index contributed by atoms with van der Waals surface area (Å²) in [5, 5.41) is 0.614. The van der Waals surface area contributed by atoms with Gasteiger partial charge in [-0.05, 0) is 36.6 Å². The van der Waals surface area contributed by atoms with Crippen LogP contribution < -0.4 is 0 Å². The standard InChI is InChI=1S/C18H20ClNO4/c1-24-18(23)12-20-10-9-14(6-8-17(20)22)16(21)7-5-13-3-2-4-15(19)11-13/h2-5,7,11,14H,6,8-10,12H2,1H3/b7-5+. The first-order valence-corrected chi connectivity index (χ1v) is 8.19. The van der Waals surface area contributed by atoms with Gasteiger partial charge in [0.15, 0.2) is 5.78 Å². The molecule has 0 saturated carbocycles. The number of rotatable bonds is 5. The highest BCUT2D eigenvalue weighted by Gasteiger charge is 2.26. The van der Waals surface area contributed by atoms with E-state index in [1.165, 1.54) is 18.1 Å². The van der Waals surface area contributed by atoms with Gasteiger partial charge in [0.1, 0.15) is 6.54 Å². The molecule has 2 rings (SSSR count). The molecule has 1 fully saturated rings. The van der Waals surface area contributed by atoms with Crippen LogP contribution >= 0.6 is 11.6 Å². The zero-order chi connectivity index (χ0) is 17.5. The molecule has 6 heteroatoms. The van der Waals surface area contributed by atoms with Crippen LogP contribution in [0.5, 0.6) is 0 Å². The number of carbonyl (C=O) groups excluding carboxylic acids is 3. The Morgan fingerprint density at radius 3 is 2.88 bits per heavy atom. The van der Waals surface area contributed by atoms with Gasteiger partial charge in [-0.25, -0.2) is 0 Å². The van der Waals surface area contributed by atoms with E-state index in [2.05, 4.69) is 4.74 Å². The lowest BCUT2D eigenvalue weighted by Gasteiger charge is -2.18. The minimum atomic E-state index is -0.450. The lowest BCUT2D eigenvalue weighted by Crippen LogP contribution is -2.35. The summed E-state index contributed by atoms with van der Waals surface area (Å²) in [6.07, 6.45) is 4.57. The Morgan fingerprint density at radius 2 is 2.17 bits per heavy atom. The zero-order valence-corrected chi connectivity index (χ0v) is 14.3. The van der Waals surface area contributed by atoms with Crippen molar-refractivity contribution in [1.29, 1.82) is 0 Å². The van der Waals surface area contributed by atoms with E-state index in [4.69, 9.17) is 11.6 Å². The zero-order valence-electron chi connectivity index (χ0n) is 13.5. The first-order valence-electron chi connectivity index (χ1n) is 7.81. The number of likely N-dealkylation sites (tertiary alicyclic amines) is 1. The number of nitrogens with zero attached hydrogens (tertiary/aromatic N) is 1. The highest BCUT2D eigenvalue weighted by Crippen LogP contribution is 2.20. The number of hydrogen-bond acceptors (Lipinski definition) is 4. The number of esters is 1. The quantitative estimate of drug-likeness (QED) is 0.605. The Bertz CT molecular complexity index is 656. The van der Waals surface area contributed by atoms with E-state index in [-0.39, 0.29) is 30.6 Å². The Kier molecular flexibility index (Phi) is 6.55. The summed E-state index contributed by atoms with van der Waals surface area (Å²) >= 11 is 5.92. The number of allylic oxidation sites excluding steroid dienone is 1. The molecule has 1 aromatic rings. The predicted octanol–water partition coefficient (Wildman–Crippen LogP) is 2.72. The van der Waals surface area contributed by atoms with Gasteiger partial charge in [-0.2, -0.15) is 0 Å². The van der Waals surface area contributed by atoms with Gasteiger partial charge in [0.05, 0.1) is 7.11 Å². The molecule has 0 aliphatic carbocycles. The molecule has 0 spiro atoms. The fourth-order valence-corrected chi connectivity index (χ4v) is 2.83. The third-order valence-electron chi connectivity index (χ3n) is 4.05. The summed E-state index contributed by atoms with van der Waals surface area (Å²) in [6, 6.07) is 7.24. The van der Waals surface area contributed by atoms with Gasteiger partial charge in [-0.15, -0.1) is 0 Å². The van der Waals surface area contributed by atoms with Gasteiger partial charge in [0.2, 0.25) is 5.91 Å². The number of ketones is 1. The Morgan fingerprint density at radius 1 is 1.38 bits per heavy atom. The smallest absolute Gasteiger partial charge is 0.325 e. The van der Waals surface area contributed by atoms with Crippen LogP contribution in [0.25, 0.3) is 6.08 Å². The first-order chi connectivity index (χ1) is 11.5. The molecule has 24 heavy (non-hydrogen) atoms. The predicted molar refractivity (Wildman–Crippen MR) is 91.4 cm³/mol. The molecule has 5 nitrogen and oxygen atoms in total. The van der Waals surface area contributed by atoms with Crippen molar-refractivity contribution in [2.24, 2.45) is 5.92 Å². The molecule has 0 aromatic heterocycles. The maximum absolute atomic E-state index is 12.4. The normalized spacial score (nSPS) is 18.5. The minimum absolute atomic E-state index is 0.0114. The van der Waals surface area contributed by atoms with Crippen molar-refractivity contribution in [3.8, 4) is 0 Å². The van der Waals surface area contributed by atoms with Crippen LogP contribution in [-0.2, 0) is 19.1 Å². The maximum Gasteiger partial charge on any atom is 0.325 e. The van der Waals surface area contributed by atoms with Gasteiger partial charge in [0, 0.05) is 23.9 Å². The monoisotopic (exact) mass is 349 g/mol. The van der Waals surface area contributed by atoms with E-state index < -0.39 is 5.97 Å². The summed E-state index contributed by atoms with van der Waals surface area (Å²) in [5.74, 6) is -0.793. The topological polar surface area (TPSA) is 63.7 Å². The average molecular weight is 350 g/mol. The lowest BCUT2D eigenvalue weighted by atomic mass is 9.95. The number of ether oxygens (including phenoxy) is 1. The molecule has 0 bridgehead atoms. The fraction of sp³-hybridized carbons (Fsp3) is 0.389. The van der Waals surface area contributed by atoms with E-state index in [0.29, 0.717) is 24.4 Å². The van der Waals surface area contributed by atoms with Gasteiger partial charge in [-0.3, -0.25) is 14.4 Å². The molecular formula is C18H20ClNO4. The van der Waals surface area contributed by atoms with E-state index >= 15 is 0 Å². The number of methoxy groups -OCH3 is 1. The van der Waals surface area contributed by atoms with E-state index in [9.17, 15) is 14.4 Å². The Balaban J connectivity index is 1.96. The molecule has 1 unspecified atom stereocenters. The van der Waals surface area contributed by atoms with Gasteiger partial charge in [0.25, 0.3) is 0 Å². The fourth-order valence-electron chi connectivity index (χ4n) is 2.63. The average Bonchev–Trinajstić information content (AvgIpc) is 2.75. The molecule has 1 saturated heterocycles. The molecule has 1 amide bonds.